The topological polar surface area (TPSA) is 37.3 Å². The molecule has 1 N–H and O–H groups in total. The molecule has 2 nitrogen and oxygen atoms in total. The zero-order chi connectivity index (χ0) is 6.99. The van der Waals surface area contributed by atoms with Gasteiger partial charge >= 0.3 is 89.4 Å². The van der Waals surface area contributed by atoms with Crippen molar-refractivity contribution < 1.29 is 75.3 Å². The fourth-order valence-electron chi connectivity index (χ4n) is 0.0572. The fraction of sp³-hybridized carbons (Fsp3) is 0.500. The molecule has 0 bridgehead atoms. The Hall–Kier alpha value is 2.83. The van der Waals surface area contributed by atoms with Crippen molar-refractivity contribution in [1.29, 1.82) is 0 Å². The van der Waals surface area contributed by atoms with Gasteiger partial charge in [-0.1, -0.05) is 0 Å². The van der Waals surface area contributed by atoms with Crippen LogP contribution in [0.2, 0.25) is 1.94 Å². The maximum atomic E-state index is 9.62. The van der Waals surface area contributed by atoms with E-state index in [1.165, 1.54) is 0 Å². The van der Waals surface area contributed by atoms with Gasteiger partial charge in [-0.2, -0.15) is 0 Å². The molecule has 0 aromatic heterocycles. The van der Waals surface area contributed by atoms with Crippen molar-refractivity contribution in [3.63, 3.8) is 0 Å². The van der Waals surface area contributed by atoms with Crippen LogP contribution in [0, 0.1) is 34.4 Å². The summed E-state index contributed by atoms with van der Waals surface area (Å²) < 4.78 is 0.403. The van der Waals surface area contributed by atoms with E-state index in [4.69, 9.17) is 5.11 Å². The molecule has 0 aliphatic carbocycles. The molecule has 0 aromatic rings. The van der Waals surface area contributed by atoms with Crippen LogP contribution < -0.4 is 0 Å². The molecule has 7 heteroatoms. The number of hydrogen-bond donors (Lipinski definition) is 1. The minimum absolute atomic E-state index is 0. The molecular formula is C2H3Br2CeCoMnO2. The molecular weight excluding hydrogens is 470 g/mol. The van der Waals surface area contributed by atoms with Crippen molar-refractivity contribution in [1.82, 2.24) is 0 Å². The van der Waals surface area contributed by atoms with E-state index in [0.29, 0.717) is 1.94 Å². The average molecular weight is 473 g/mol. The van der Waals surface area contributed by atoms with Crippen LogP contribution in [0.4, 0.5) is 0 Å². The monoisotopic (exact) mass is 471 g/mol. The molecule has 0 rings (SSSR count). The Kier molecular flexibility index (Phi) is 33.8. The van der Waals surface area contributed by atoms with Crippen molar-refractivity contribution in [3.05, 3.63) is 0 Å². The van der Waals surface area contributed by atoms with Gasteiger partial charge in [0.05, 0.1) is 0 Å². The van der Waals surface area contributed by atoms with Crippen LogP contribution in [-0.2, 0) is 35.8 Å². The quantitative estimate of drug-likeness (QED) is 0.622. The first-order valence-corrected chi connectivity index (χ1v) is 13.6. The van der Waals surface area contributed by atoms with Crippen LogP contribution in [0.25, 0.3) is 0 Å². The molecule has 0 unspecified atom stereocenters. The summed E-state index contributed by atoms with van der Waals surface area (Å²) >= 11 is 4.69. The first-order valence-electron chi connectivity index (χ1n) is 1.47. The van der Waals surface area contributed by atoms with Gasteiger partial charge < -0.3 is 0 Å². The summed E-state index contributed by atoms with van der Waals surface area (Å²) in [5.74, 6) is -0.671. The Labute approximate surface area is 104 Å². The first-order chi connectivity index (χ1) is 3.77. The van der Waals surface area contributed by atoms with E-state index in [1.807, 2.05) is 0 Å². The van der Waals surface area contributed by atoms with Crippen LogP contribution in [0.3, 0.4) is 0 Å². The van der Waals surface area contributed by atoms with Gasteiger partial charge in [0.1, 0.15) is 0 Å². The number of hydrogen-bond acceptors (Lipinski definition) is 1. The maximum absolute atomic E-state index is 9.62. The normalized spacial score (nSPS) is 5.67. The molecule has 0 spiro atoms. The van der Waals surface area contributed by atoms with E-state index >= 15 is 0 Å². The van der Waals surface area contributed by atoms with Gasteiger partial charge in [0.25, 0.3) is 0 Å². The SMILES string of the molecule is O=C(O)[CH2][Ce][Br].[Co].[Mn][Br]. The average Bonchev–Trinajstić information content (AvgIpc) is 1.72. The summed E-state index contributed by atoms with van der Waals surface area (Å²) in [6.45, 7) is 0. The Morgan fingerprint density at radius 1 is 1.67 bits per heavy atom. The molecule has 9 heavy (non-hydrogen) atoms. The minimum atomic E-state index is -0.806. The fourth-order valence-corrected chi connectivity index (χ4v) is 2.16. The van der Waals surface area contributed by atoms with Crippen molar-refractivity contribution in [2.45, 2.75) is 1.94 Å². The van der Waals surface area contributed by atoms with Crippen LogP contribution in [0.15, 0.2) is 0 Å². The molecule has 0 saturated carbocycles. The van der Waals surface area contributed by atoms with Gasteiger partial charge in [-0.15, -0.1) is 0 Å². The number of carboxylic acids is 1. The van der Waals surface area contributed by atoms with Gasteiger partial charge in [-0.25, -0.2) is 0 Å². The zero-order valence-corrected chi connectivity index (χ0v) is 12.6. The van der Waals surface area contributed by atoms with E-state index in [9.17, 15) is 4.79 Å². The number of aliphatic carboxylic acids is 1. The van der Waals surface area contributed by atoms with Crippen LogP contribution in [0.5, 0.6) is 0 Å². The van der Waals surface area contributed by atoms with Gasteiger partial charge in [0.15, 0.2) is 0 Å². The molecule has 0 fully saturated rings. The molecule has 0 heterocycles. The second kappa shape index (κ2) is 17.1. The van der Waals surface area contributed by atoms with Gasteiger partial charge in [0.2, 0.25) is 0 Å². The molecule has 1 radical (unpaired) electrons. The summed E-state index contributed by atoms with van der Waals surface area (Å²) in [4.78, 5) is 9.62. The number of rotatable bonds is 2. The Balaban J connectivity index is -0.000000109. The van der Waals surface area contributed by atoms with E-state index < -0.39 is 40.4 Å². The summed E-state index contributed by atoms with van der Waals surface area (Å²) in [5.41, 5.74) is 0. The molecule has 0 amide bonds. The number of halogens is 2. The zero-order valence-electron chi connectivity index (χ0n) is 4.03. The van der Waals surface area contributed by atoms with Crippen molar-refractivity contribution in [3.8, 4) is 0 Å². The Morgan fingerprint density at radius 3 is 2.00 bits per heavy atom. The molecule has 0 aromatic carbocycles. The van der Waals surface area contributed by atoms with E-state index in [-0.39, 0.29) is 16.8 Å². The molecule has 0 saturated heterocycles. The number of carbonyl (C=O) groups is 1. The third-order valence-electron chi connectivity index (χ3n) is 0.218. The van der Waals surface area contributed by atoms with E-state index in [1.54, 1.807) is 0 Å². The van der Waals surface area contributed by atoms with Gasteiger partial charge in [0, 0.05) is 16.8 Å². The van der Waals surface area contributed by atoms with Gasteiger partial charge in [-0.3, -0.25) is 0 Å². The van der Waals surface area contributed by atoms with Gasteiger partial charge in [-0.05, 0) is 0 Å². The Bertz CT molecular complexity index is 66.5. The predicted octanol–water partition coefficient (Wildman–Crippen LogP) is 1.72. The van der Waals surface area contributed by atoms with E-state index in [0.717, 1.165) is 0 Å². The molecule has 0 atom stereocenters. The predicted molar refractivity (Wildman–Crippen MR) is 30.3 cm³/mol. The number of carboxylic acid groups (broad SMARTS) is 1. The van der Waals surface area contributed by atoms with E-state index in [2.05, 4.69) is 37.1 Å². The summed E-state index contributed by atoms with van der Waals surface area (Å²) in [5, 5.41) is 7.93. The summed E-state index contributed by atoms with van der Waals surface area (Å²) in [6.07, 6.45) is 0. The van der Waals surface area contributed by atoms with Crippen LogP contribution in [-0.4, -0.2) is 11.1 Å². The van der Waals surface area contributed by atoms with Crippen molar-refractivity contribution >= 4 is 28.9 Å². The second-order valence-corrected chi connectivity index (χ2v) is 6.74. The summed E-state index contributed by atoms with van der Waals surface area (Å²) in [7, 11) is 3.16. The molecule has 57 valence electrons. The Morgan fingerprint density at radius 2 is 2.00 bits per heavy atom. The third-order valence-corrected chi connectivity index (χ3v) is 3.63. The standard InChI is InChI=1S/C2H3O2.2BrH.Ce.Co.Mn/c1-2(3)4;;;;;/h1H2,(H,3,4);2*1H;;;/q;;;+1;;+1/p-2. The summed E-state index contributed by atoms with van der Waals surface area (Å²) in [6, 6.07) is 0. The second-order valence-electron chi connectivity index (χ2n) is 0.704. The first kappa shape index (κ1) is 17.8. The van der Waals surface area contributed by atoms with Crippen molar-refractivity contribution in [2.24, 2.45) is 0 Å². The third kappa shape index (κ3) is 24.8. The molecule has 0 aliphatic rings. The van der Waals surface area contributed by atoms with Crippen LogP contribution in [0.1, 0.15) is 0 Å². The van der Waals surface area contributed by atoms with Crippen LogP contribution >= 0.6 is 22.9 Å². The van der Waals surface area contributed by atoms with Crippen molar-refractivity contribution in [2.75, 3.05) is 0 Å². The molecule has 0 aliphatic heterocycles.